The average molecular weight is 336 g/mol. The topological polar surface area (TPSA) is 49.9 Å². The molecule has 0 bridgehead atoms. The van der Waals surface area contributed by atoms with Gasteiger partial charge in [-0.3, -0.25) is 0 Å². The molecule has 0 aromatic heterocycles. The molecule has 2 atom stereocenters. The van der Waals surface area contributed by atoms with Crippen LogP contribution in [0.5, 0.6) is 0 Å². The van der Waals surface area contributed by atoms with Gasteiger partial charge < -0.3 is 9.64 Å². The maximum absolute atomic E-state index is 12.0. The van der Waals surface area contributed by atoms with Crippen molar-refractivity contribution in [2.24, 2.45) is 5.41 Å². The number of hydrogen-bond donors (Lipinski definition) is 0. The molecule has 1 saturated carbocycles. The van der Waals surface area contributed by atoms with E-state index in [0.29, 0.717) is 0 Å². The number of nitrogens with zero attached hydrogens (tertiary/aromatic N) is 2. The van der Waals surface area contributed by atoms with E-state index in [-0.39, 0.29) is 11.6 Å². The number of hydrogen-bond acceptors (Lipinski definition) is 4. The number of ether oxygens (including phenoxy) is 1. The van der Waals surface area contributed by atoms with E-state index >= 15 is 0 Å². The lowest BCUT2D eigenvalue weighted by atomic mass is 9.66. The first kappa shape index (κ1) is 15.3. The van der Waals surface area contributed by atoms with Gasteiger partial charge in [0.05, 0.1) is 17.4 Å². The van der Waals surface area contributed by atoms with Gasteiger partial charge in [-0.25, -0.2) is 8.42 Å². The maximum atomic E-state index is 12.0. The third kappa shape index (κ3) is 2.26. The second-order valence-electron chi connectivity index (χ2n) is 7.11. The zero-order valence-corrected chi connectivity index (χ0v) is 14.6. The SMILES string of the molecule is CN([C@H]1CC23CCCCC2=CN2C=CCCC2=C3O1)S(C)(=O)=O. The fourth-order valence-corrected chi connectivity index (χ4v) is 4.96. The Morgan fingerprint density at radius 3 is 2.96 bits per heavy atom. The molecule has 2 fully saturated rings. The third-order valence-electron chi connectivity index (χ3n) is 5.74. The van der Waals surface area contributed by atoms with Gasteiger partial charge >= 0.3 is 0 Å². The van der Waals surface area contributed by atoms with Crippen molar-refractivity contribution in [2.45, 2.75) is 51.2 Å². The first-order chi connectivity index (χ1) is 10.9. The van der Waals surface area contributed by atoms with E-state index in [0.717, 1.165) is 37.9 Å². The summed E-state index contributed by atoms with van der Waals surface area (Å²) in [5, 5.41) is 0. The highest BCUT2D eigenvalue weighted by atomic mass is 32.2. The number of rotatable bonds is 2. The Hall–Kier alpha value is -1.27. The summed E-state index contributed by atoms with van der Waals surface area (Å²) >= 11 is 0. The molecule has 5 nitrogen and oxygen atoms in total. The van der Waals surface area contributed by atoms with Crippen LogP contribution in [0.2, 0.25) is 0 Å². The van der Waals surface area contributed by atoms with Crippen LogP contribution in [0, 0.1) is 5.41 Å². The van der Waals surface area contributed by atoms with E-state index in [2.05, 4.69) is 23.4 Å². The number of sulfonamides is 1. The first-order valence-electron chi connectivity index (χ1n) is 8.41. The third-order valence-corrected chi connectivity index (χ3v) is 7.02. The van der Waals surface area contributed by atoms with Crippen molar-refractivity contribution in [1.29, 1.82) is 0 Å². The minimum Gasteiger partial charge on any atom is -0.476 e. The molecule has 3 aliphatic heterocycles. The van der Waals surface area contributed by atoms with Gasteiger partial charge in [-0.05, 0) is 37.7 Å². The van der Waals surface area contributed by atoms with E-state index in [1.165, 1.54) is 34.7 Å². The van der Waals surface area contributed by atoms with Crippen molar-refractivity contribution in [3.8, 4) is 0 Å². The van der Waals surface area contributed by atoms with Crippen molar-refractivity contribution < 1.29 is 13.2 Å². The quantitative estimate of drug-likeness (QED) is 0.778. The van der Waals surface area contributed by atoms with E-state index in [9.17, 15) is 8.42 Å². The Morgan fingerprint density at radius 2 is 2.17 bits per heavy atom. The fourth-order valence-electron chi connectivity index (χ4n) is 4.41. The monoisotopic (exact) mass is 336 g/mol. The molecular formula is C17H24N2O3S. The predicted octanol–water partition coefficient (Wildman–Crippen LogP) is 2.90. The van der Waals surface area contributed by atoms with E-state index in [4.69, 9.17) is 4.74 Å². The average Bonchev–Trinajstić information content (AvgIpc) is 2.90. The van der Waals surface area contributed by atoms with Crippen LogP contribution in [0.1, 0.15) is 44.9 Å². The summed E-state index contributed by atoms with van der Waals surface area (Å²) in [6.45, 7) is 0. The Bertz CT molecular complexity index is 722. The minimum absolute atomic E-state index is 0.0706. The first-order valence-corrected chi connectivity index (χ1v) is 10.3. The summed E-state index contributed by atoms with van der Waals surface area (Å²) in [6, 6.07) is 0. The number of allylic oxidation sites excluding steroid dienone is 3. The van der Waals surface area contributed by atoms with Gasteiger partial charge in [0, 0.05) is 25.9 Å². The van der Waals surface area contributed by atoms with Gasteiger partial charge in [-0.1, -0.05) is 12.5 Å². The van der Waals surface area contributed by atoms with Crippen LogP contribution >= 0.6 is 0 Å². The van der Waals surface area contributed by atoms with E-state index in [1.807, 2.05) is 0 Å². The zero-order chi connectivity index (χ0) is 16.2. The highest BCUT2D eigenvalue weighted by Crippen LogP contribution is 2.59. The molecule has 126 valence electrons. The Labute approximate surface area is 138 Å². The Morgan fingerprint density at radius 1 is 1.35 bits per heavy atom. The summed E-state index contributed by atoms with van der Waals surface area (Å²) in [7, 11) is -1.63. The van der Waals surface area contributed by atoms with Crippen molar-refractivity contribution >= 4 is 10.0 Å². The largest absolute Gasteiger partial charge is 0.476 e. The zero-order valence-electron chi connectivity index (χ0n) is 13.8. The molecule has 1 aliphatic carbocycles. The molecular weight excluding hydrogens is 312 g/mol. The maximum Gasteiger partial charge on any atom is 0.213 e. The van der Waals surface area contributed by atoms with Crippen LogP contribution < -0.4 is 0 Å². The lowest BCUT2D eigenvalue weighted by molar-refractivity contribution is 0.0709. The highest BCUT2D eigenvalue weighted by Gasteiger charge is 2.54. The lowest BCUT2D eigenvalue weighted by Crippen LogP contribution is -2.37. The molecule has 1 saturated heterocycles. The molecule has 4 rings (SSSR count). The predicted molar refractivity (Wildman–Crippen MR) is 88.3 cm³/mol. The second-order valence-corrected chi connectivity index (χ2v) is 9.15. The van der Waals surface area contributed by atoms with Crippen LogP contribution in [0.3, 0.4) is 0 Å². The molecule has 23 heavy (non-hydrogen) atoms. The summed E-state index contributed by atoms with van der Waals surface area (Å²) in [6.07, 6.45) is 14.7. The summed E-state index contributed by atoms with van der Waals surface area (Å²) in [5.74, 6) is 1.04. The molecule has 1 unspecified atom stereocenters. The Balaban J connectivity index is 1.79. The molecule has 3 heterocycles. The number of fused-ring (bicyclic) bond motifs is 1. The van der Waals surface area contributed by atoms with Crippen LogP contribution in [0.25, 0.3) is 0 Å². The van der Waals surface area contributed by atoms with Crippen molar-refractivity contribution in [3.63, 3.8) is 0 Å². The molecule has 0 amide bonds. The normalized spacial score (nSPS) is 33.1. The smallest absolute Gasteiger partial charge is 0.213 e. The molecule has 0 N–H and O–H groups in total. The fraction of sp³-hybridized carbons (Fsp3) is 0.647. The molecule has 1 spiro atoms. The second kappa shape index (κ2) is 5.11. The van der Waals surface area contributed by atoms with Crippen LogP contribution in [0.15, 0.2) is 35.5 Å². The molecule has 4 aliphatic rings. The highest BCUT2D eigenvalue weighted by molar-refractivity contribution is 7.88. The van der Waals surface area contributed by atoms with Crippen LogP contribution in [-0.4, -0.2) is 37.2 Å². The van der Waals surface area contributed by atoms with Gasteiger partial charge in [0.25, 0.3) is 0 Å². The Kier molecular flexibility index (Phi) is 3.39. The molecule has 0 radical (unpaired) electrons. The van der Waals surface area contributed by atoms with Crippen LogP contribution in [-0.2, 0) is 14.8 Å². The standard InChI is InChI=1S/C17H24N2O3S/c1-18(23(2,20)21)15-11-17-9-5-3-7-13(17)12-19-10-6-4-8-14(19)16(17)22-15/h6,10,12,15H,3-5,7-9,11H2,1-2H3/t15-,17?/m1/s1. The minimum atomic E-state index is -3.26. The van der Waals surface area contributed by atoms with Gasteiger partial charge in [-0.2, -0.15) is 4.31 Å². The van der Waals surface area contributed by atoms with Crippen molar-refractivity contribution in [1.82, 2.24) is 9.21 Å². The molecule has 0 aromatic rings. The summed E-state index contributed by atoms with van der Waals surface area (Å²) in [5.41, 5.74) is 2.57. The van der Waals surface area contributed by atoms with Gasteiger partial charge in [0.2, 0.25) is 10.0 Å². The molecule has 0 aromatic carbocycles. The van der Waals surface area contributed by atoms with Gasteiger partial charge in [0.1, 0.15) is 5.76 Å². The van der Waals surface area contributed by atoms with Crippen LogP contribution in [0.4, 0.5) is 0 Å². The van der Waals surface area contributed by atoms with Gasteiger partial charge in [0.15, 0.2) is 6.23 Å². The van der Waals surface area contributed by atoms with Crippen molar-refractivity contribution in [3.05, 3.63) is 35.5 Å². The summed E-state index contributed by atoms with van der Waals surface area (Å²) in [4.78, 5) is 2.20. The molecule has 6 heteroatoms. The van der Waals surface area contributed by atoms with E-state index in [1.54, 1.807) is 7.05 Å². The van der Waals surface area contributed by atoms with Crippen molar-refractivity contribution in [2.75, 3.05) is 13.3 Å². The van der Waals surface area contributed by atoms with E-state index < -0.39 is 10.0 Å². The summed E-state index contributed by atoms with van der Waals surface area (Å²) < 4.78 is 31.6. The lowest BCUT2D eigenvalue weighted by Gasteiger charge is -2.42. The van der Waals surface area contributed by atoms with Gasteiger partial charge in [-0.15, -0.1) is 0 Å².